The molecule has 0 radical (unpaired) electrons. The van der Waals surface area contributed by atoms with E-state index in [1.54, 1.807) is 17.9 Å². The van der Waals surface area contributed by atoms with Crippen LogP contribution in [0.1, 0.15) is 27.5 Å². The summed E-state index contributed by atoms with van der Waals surface area (Å²) in [5.41, 5.74) is 8.32. The van der Waals surface area contributed by atoms with Crippen LogP contribution >= 0.6 is 12.4 Å². The molecule has 3 heterocycles. The Morgan fingerprint density at radius 1 is 1.18 bits per heavy atom. The Kier molecular flexibility index (Phi) is 5.62. The van der Waals surface area contributed by atoms with Crippen molar-refractivity contribution in [3.05, 3.63) is 75.8 Å². The van der Waals surface area contributed by atoms with Crippen LogP contribution in [0.5, 0.6) is 0 Å². The molecule has 0 aliphatic carbocycles. The number of nitrogens with two attached hydrogens (primary N) is 1. The lowest BCUT2D eigenvalue weighted by Crippen LogP contribution is -2.32. The predicted octanol–water partition coefficient (Wildman–Crippen LogP) is 1.25. The van der Waals surface area contributed by atoms with Gasteiger partial charge in [-0.2, -0.15) is 10.2 Å². The maximum Gasteiger partial charge on any atom is 0.264 e. The minimum absolute atomic E-state index is 0. The van der Waals surface area contributed by atoms with Crippen molar-refractivity contribution in [2.24, 2.45) is 5.73 Å². The second kappa shape index (κ2) is 7.95. The van der Waals surface area contributed by atoms with Gasteiger partial charge in [-0.3, -0.25) is 9.59 Å². The highest BCUT2D eigenvalue weighted by Gasteiger charge is 2.35. The van der Waals surface area contributed by atoms with Gasteiger partial charge in [-0.15, -0.1) is 12.4 Å². The highest BCUT2D eigenvalue weighted by molar-refractivity contribution is 5.95. The molecular formula is C19H21ClN6O2. The molecule has 2 atom stereocenters. The van der Waals surface area contributed by atoms with E-state index in [1.165, 1.54) is 16.9 Å². The zero-order valence-corrected chi connectivity index (χ0v) is 16.1. The van der Waals surface area contributed by atoms with Crippen molar-refractivity contribution in [2.75, 3.05) is 13.1 Å². The molecule has 0 saturated carbocycles. The number of carbonyl (C=O) groups is 1. The number of hydrogen-bond acceptors (Lipinski definition) is 5. The van der Waals surface area contributed by atoms with E-state index in [2.05, 4.69) is 15.3 Å². The van der Waals surface area contributed by atoms with Gasteiger partial charge in [0.25, 0.3) is 11.5 Å². The highest BCUT2D eigenvalue weighted by Crippen LogP contribution is 2.28. The van der Waals surface area contributed by atoms with Crippen molar-refractivity contribution in [3.8, 4) is 5.82 Å². The molecule has 1 aliphatic rings. The molecule has 1 saturated heterocycles. The Balaban J connectivity index is 0.00000225. The average Bonchev–Trinajstić information content (AvgIpc) is 3.26. The number of aromatic amines is 1. The van der Waals surface area contributed by atoms with E-state index in [4.69, 9.17) is 5.73 Å². The molecule has 0 unspecified atom stereocenters. The first-order valence-corrected chi connectivity index (χ1v) is 8.75. The van der Waals surface area contributed by atoms with Crippen LogP contribution in [0.3, 0.4) is 0 Å². The first-order chi connectivity index (χ1) is 13.0. The number of nitrogens with zero attached hydrogens (tertiary/aromatic N) is 4. The summed E-state index contributed by atoms with van der Waals surface area (Å²) in [7, 11) is 0. The number of hydrogen-bond donors (Lipinski definition) is 2. The lowest BCUT2D eigenvalue weighted by molar-refractivity contribution is 0.0788. The molecule has 28 heavy (non-hydrogen) atoms. The van der Waals surface area contributed by atoms with Gasteiger partial charge in [0.15, 0.2) is 5.82 Å². The molecule has 3 aromatic rings. The van der Waals surface area contributed by atoms with Crippen molar-refractivity contribution in [2.45, 2.75) is 18.9 Å². The normalized spacial score (nSPS) is 18.7. The Morgan fingerprint density at radius 3 is 2.61 bits per heavy atom. The van der Waals surface area contributed by atoms with Crippen LogP contribution in [0.25, 0.3) is 5.82 Å². The van der Waals surface area contributed by atoms with Crippen LogP contribution in [0.4, 0.5) is 0 Å². The highest BCUT2D eigenvalue weighted by atomic mass is 35.5. The molecule has 1 aromatic carbocycles. The fourth-order valence-electron chi connectivity index (χ4n) is 3.52. The van der Waals surface area contributed by atoms with Crippen molar-refractivity contribution in [1.82, 2.24) is 24.9 Å². The topological polar surface area (TPSA) is 110 Å². The van der Waals surface area contributed by atoms with Crippen molar-refractivity contribution in [1.29, 1.82) is 0 Å². The minimum Gasteiger partial charge on any atom is -0.336 e. The van der Waals surface area contributed by atoms with Crippen molar-refractivity contribution < 1.29 is 4.79 Å². The summed E-state index contributed by atoms with van der Waals surface area (Å²) in [4.78, 5) is 26.0. The fourth-order valence-corrected chi connectivity index (χ4v) is 3.52. The molecule has 1 fully saturated rings. The number of amides is 1. The van der Waals surface area contributed by atoms with Crippen molar-refractivity contribution in [3.63, 3.8) is 0 Å². The second-order valence-corrected chi connectivity index (χ2v) is 6.73. The van der Waals surface area contributed by atoms with Crippen molar-refractivity contribution >= 4 is 18.3 Å². The van der Waals surface area contributed by atoms with E-state index in [-0.39, 0.29) is 35.8 Å². The molecule has 1 amide bonds. The molecule has 0 spiro atoms. The van der Waals surface area contributed by atoms with E-state index >= 15 is 0 Å². The van der Waals surface area contributed by atoms with E-state index in [9.17, 15) is 9.59 Å². The molecular weight excluding hydrogens is 380 g/mol. The first-order valence-electron chi connectivity index (χ1n) is 8.75. The quantitative estimate of drug-likeness (QED) is 0.687. The van der Waals surface area contributed by atoms with E-state index in [1.807, 2.05) is 30.3 Å². The van der Waals surface area contributed by atoms with Crippen LogP contribution in [0.2, 0.25) is 0 Å². The molecule has 8 nitrogen and oxygen atoms in total. The fraction of sp³-hybridized carbons (Fsp3) is 0.263. The van der Waals surface area contributed by atoms with Gasteiger partial charge >= 0.3 is 0 Å². The number of aromatic nitrogens is 4. The Morgan fingerprint density at radius 2 is 1.93 bits per heavy atom. The number of H-pyrrole nitrogens is 1. The van der Waals surface area contributed by atoms with Gasteiger partial charge in [-0.25, -0.2) is 9.78 Å². The predicted molar refractivity (Wildman–Crippen MR) is 107 cm³/mol. The first kappa shape index (κ1) is 19.8. The molecule has 0 bridgehead atoms. The summed E-state index contributed by atoms with van der Waals surface area (Å²) < 4.78 is 1.54. The van der Waals surface area contributed by atoms with Crippen LogP contribution in [-0.4, -0.2) is 49.9 Å². The second-order valence-electron chi connectivity index (χ2n) is 6.73. The number of likely N-dealkylation sites (tertiary alicyclic amines) is 1. The Hall–Kier alpha value is -2.97. The summed E-state index contributed by atoms with van der Waals surface area (Å²) in [6, 6.07) is 12.9. The molecule has 4 rings (SSSR count). The summed E-state index contributed by atoms with van der Waals surface area (Å²) in [6.45, 7) is 2.88. The monoisotopic (exact) mass is 400 g/mol. The number of carbonyl (C=O) groups excluding carboxylic acids is 1. The molecule has 2 aromatic heterocycles. The van der Waals surface area contributed by atoms with Crippen LogP contribution < -0.4 is 11.3 Å². The lowest BCUT2D eigenvalue weighted by atomic mass is 9.95. The van der Waals surface area contributed by atoms with Crippen LogP contribution in [-0.2, 0) is 0 Å². The van der Waals surface area contributed by atoms with Crippen LogP contribution in [0, 0.1) is 6.92 Å². The minimum atomic E-state index is -0.294. The number of halogens is 1. The van der Waals surface area contributed by atoms with E-state index in [0.29, 0.717) is 30.2 Å². The van der Waals surface area contributed by atoms with Gasteiger partial charge in [-0.1, -0.05) is 30.3 Å². The molecule has 1 aliphatic heterocycles. The van der Waals surface area contributed by atoms with Gasteiger partial charge in [-0.05, 0) is 18.6 Å². The third-order valence-corrected chi connectivity index (χ3v) is 5.00. The number of rotatable bonds is 3. The summed E-state index contributed by atoms with van der Waals surface area (Å²) in [6.07, 6.45) is 1.53. The standard InChI is InChI=1S/C19H20N6O2.ClH/c1-12-14(9-21-25(12)17-7-8-18(26)23-22-17)19(27)24-10-15(16(20)11-24)13-5-3-2-4-6-13;/h2-9,15-16H,10-11,20H2,1H3,(H,23,26);1H/t15-,16+;/m0./s1. The lowest BCUT2D eigenvalue weighted by Gasteiger charge is -2.16. The SMILES string of the molecule is Cc1c(C(=O)N2C[C@@H](N)[C@H](c3ccccc3)C2)cnn1-c1ccc(=O)[nH]n1.Cl. The zero-order valence-electron chi connectivity index (χ0n) is 15.3. The molecule has 3 N–H and O–H groups in total. The number of benzene rings is 1. The van der Waals surface area contributed by atoms with Gasteiger partial charge in [0.05, 0.1) is 17.5 Å². The number of nitrogens with one attached hydrogen (secondary N) is 1. The van der Waals surface area contributed by atoms with Gasteiger partial charge < -0.3 is 10.6 Å². The third kappa shape index (κ3) is 3.56. The average molecular weight is 401 g/mol. The molecule has 146 valence electrons. The summed E-state index contributed by atoms with van der Waals surface area (Å²) in [5.74, 6) is 0.467. The maximum absolute atomic E-state index is 13.0. The van der Waals surface area contributed by atoms with Crippen LogP contribution in [0.15, 0.2) is 53.5 Å². The third-order valence-electron chi connectivity index (χ3n) is 5.00. The van der Waals surface area contributed by atoms with E-state index < -0.39 is 0 Å². The van der Waals surface area contributed by atoms with Gasteiger partial charge in [0.2, 0.25) is 0 Å². The zero-order chi connectivity index (χ0) is 19.0. The summed E-state index contributed by atoms with van der Waals surface area (Å²) >= 11 is 0. The van der Waals surface area contributed by atoms with Gasteiger partial charge in [0.1, 0.15) is 0 Å². The van der Waals surface area contributed by atoms with Gasteiger partial charge in [0, 0.05) is 31.1 Å². The summed E-state index contributed by atoms with van der Waals surface area (Å²) in [5, 5.41) is 10.6. The maximum atomic E-state index is 13.0. The molecule has 9 heteroatoms. The Labute approximate surface area is 167 Å². The largest absolute Gasteiger partial charge is 0.336 e. The smallest absolute Gasteiger partial charge is 0.264 e. The van der Waals surface area contributed by atoms with E-state index in [0.717, 1.165) is 5.56 Å². The Bertz CT molecular complexity index is 1010.